The van der Waals surface area contributed by atoms with Crippen molar-refractivity contribution < 1.29 is 9.53 Å². The molecule has 5 nitrogen and oxygen atoms in total. The van der Waals surface area contributed by atoms with Gasteiger partial charge in [-0.15, -0.1) is 0 Å². The monoisotopic (exact) mass is 411 g/mol. The van der Waals surface area contributed by atoms with Crippen molar-refractivity contribution in [2.75, 3.05) is 12.4 Å². The summed E-state index contributed by atoms with van der Waals surface area (Å²) < 4.78 is 5.22. The average Bonchev–Trinajstić information content (AvgIpc) is 2.71. The van der Waals surface area contributed by atoms with Gasteiger partial charge in [-0.3, -0.25) is 15.6 Å². The number of anilines is 1. The number of fused-ring (bicyclic) bond motifs is 1. The van der Waals surface area contributed by atoms with E-state index >= 15 is 0 Å². The third kappa shape index (κ3) is 5.45. The zero-order valence-electron chi connectivity index (χ0n) is 15.0. The Kier molecular flexibility index (Phi) is 6.47. The highest BCUT2D eigenvalue weighted by atomic mass is 35.5. The van der Waals surface area contributed by atoms with E-state index in [2.05, 4.69) is 16.2 Å². The quantitative estimate of drug-likeness (QED) is 0.334. The first-order valence-electron chi connectivity index (χ1n) is 8.42. The number of nitrogens with one attached hydrogen (secondary N) is 3. The SMILES string of the molecule is COc1ccc2cc(/C=C/C(=O)NNC(=S)Nc3ccc(Cl)cc3)ccc2c1. The normalized spacial score (nSPS) is 10.6. The summed E-state index contributed by atoms with van der Waals surface area (Å²) >= 11 is 11.0. The van der Waals surface area contributed by atoms with Crippen LogP contribution in [0, 0.1) is 0 Å². The zero-order valence-corrected chi connectivity index (χ0v) is 16.6. The molecule has 0 unspecified atom stereocenters. The maximum absolute atomic E-state index is 12.0. The number of amides is 1. The summed E-state index contributed by atoms with van der Waals surface area (Å²) in [7, 11) is 1.64. The Morgan fingerprint density at radius 2 is 1.71 bits per heavy atom. The Morgan fingerprint density at radius 3 is 2.46 bits per heavy atom. The van der Waals surface area contributed by atoms with Crippen molar-refractivity contribution in [2.45, 2.75) is 0 Å². The molecule has 0 radical (unpaired) electrons. The van der Waals surface area contributed by atoms with Crippen LogP contribution in [0.4, 0.5) is 5.69 Å². The average molecular weight is 412 g/mol. The van der Waals surface area contributed by atoms with Crippen LogP contribution in [0.25, 0.3) is 16.8 Å². The lowest BCUT2D eigenvalue weighted by Crippen LogP contribution is -2.43. The summed E-state index contributed by atoms with van der Waals surface area (Å²) in [5.74, 6) is 0.486. The fourth-order valence-electron chi connectivity index (χ4n) is 2.50. The summed E-state index contributed by atoms with van der Waals surface area (Å²) in [5.41, 5.74) is 6.84. The molecule has 0 aliphatic rings. The number of hydrogen-bond acceptors (Lipinski definition) is 3. The van der Waals surface area contributed by atoms with E-state index in [-0.39, 0.29) is 11.0 Å². The van der Waals surface area contributed by atoms with Crippen LogP contribution < -0.4 is 20.9 Å². The minimum atomic E-state index is -0.324. The number of thiocarbonyl (C=S) groups is 1. The fourth-order valence-corrected chi connectivity index (χ4v) is 2.80. The van der Waals surface area contributed by atoms with E-state index in [0.717, 1.165) is 27.8 Å². The molecule has 0 atom stereocenters. The molecule has 0 aliphatic heterocycles. The molecule has 0 bridgehead atoms. The number of ether oxygens (including phenoxy) is 1. The van der Waals surface area contributed by atoms with Gasteiger partial charge in [0.15, 0.2) is 5.11 Å². The molecular formula is C21H18ClN3O2S. The van der Waals surface area contributed by atoms with Gasteiger partial charge in [0.25, 0.3) is 5.91 Å². The molecule has 0 fully saturated rings. The third-order valence-corrected chi connectivity index (χ3v) is 4.36. The molecule has 3 rings (SSSR count). The van der Waals surface area contributed by atoms with E-state index in [1.807, 2.05) is 36.4 Å². The minimum Gasteiger partial charge on any atom is -0.497 e. The van der Waals surface area contributed by atoms with Crippen LogP contribution in [-0.4, -0.2) is 18.1 Å². The highest BCUT2D eigenvalue weighted by Crippen LogP contribution is 2.22. The summed E-state index contributed by atoms with van der Waals surface area (Å²) in [6, 6.07) is 18.8. The molecule has 3 N–H and O–H groups in total. The smallest absolute Gasteiger partial charge is 0.262 e. The zero-order chi connectivity index (χ0) is 19.9. The fraction of sp³-hybridized carbons (Fsp3) is 0.0476. The second kappa shape index (κ2) is 9.21. The number of methoxy groups -OCH3 is 1. The summed E-state index contributed by atoms with van der Waals surface area (Å²) in [6.45, 7) is 0. The molecule has 0 saturated heterocycles. The number of benzene rings is 3. The molecule has 0 heterocycles. The van der Waals surface area contributed by atoms with Gasteiger partial charge in [-0.1, -0.05) is 29.8 Å². The number of hydrazine groups is 1. The Balaban J connectivity index is 1.53. The van der Waals surface area contributed by atoms with Crippen LogP contribution in [0.5, 0.6) is 5.75 Å². The Hall–Kier alpha value is -3.09. The van der Waals surface area contributed by atoms with Crippen molar-refractivity contribution in [3.8, 4) is 5.75 Å². The topological polar surface area (TPSA) is 62.4 Å². The number of halogens is 1. The number of carbonyl (C=O) groups excluding carboxylic acids is 1. The largest absolute Gasteiger partial charge is 0.497 e. The molecule has 142 valence electrons. The standard InChI is InChI=1S/C21H18ClN3O2S/c1-27-19-10-5-15-12-14(2-4-16(15)13-19)3-11-20(26)24-25-21(28)23-18-8-6-17(22)7-9-18/h2-13H,1H3,(H,24,26)(H2,23,25,28)/b11-3+. The first-order chi connectivity index (χ1) is 13.5. The van der Waals surface area contributed by atoms with Gasteiger partial charge in [0.2, 0.25) is 0 Å². The van der Waals surface area contributed by atoms with Crippen LogP contribution in [0.1, 0.15) is 5.56 Å². The summed E-state index contributed by atoms with van der Waals surface area (Å²) in [5, 5.41) is 5.98. The van der Waals surface area contributed by atoms with Crippen LogP contribution in [-0.2, 0) is 4.79 Å². The van der Waals surface area contributed by atoms with E-state index in [4.69, 9.17) is 28.6 Å². The van der Waals surface area contributed by atoms with Crippen molar-refractivity contribution in [1.29, 1.82) is 0 Å². The molecule has 3 aromatic carbocycles. The van der Waals surface area contributed by atoms with Crippen LogP contribution in [0.2, 0.25) is 5.02 Å². The van der Waals surface area contributed by atoms with Crippen molar-refractivity contribution in [3.63, 3.8) is 0 Å². The lowest BCUT2D eigenvalue weighted by atomic mass is 10.1. The van der Waals surface area contributed by atoms with Crippen LogP contribution in [0.3, 0.4) is 0 Å². The van der Waals surface area contributed by atoms with E-state index in [9.17, 15) is 4.79 Å². The Bertz CT molecular complexity index is 1040. The maximum atomic E-state index is 12.0. The molecule has 0 saturated carbocycles. The molecule has 0 spiro atoms. The van der Waals surface area contributed by atoms with E-state index in [1.54, 1.807) is 37.5 Å². The minimum absolute atomic E-state index is 0.267. The van der Waals surface area contributed by atoms with Gasteiger partial charge in [0.05, 0.1) is 7.11 Å². The van der Waals surface area contributed by atoms with Crippen molar-refractivity contribution in [3.05, 3.63) is 77.3 Å². The van der Waals surface area contributed by atoms with Gasteiger partial charge in [0.1, 0.15) is 5.75 Å². The lowest BCUT2D eigenvalue weighted by molar-refractivity contribution is -0.116. The van der Waals surface area contributed by atoms with Gasteiger partial charge >= 0.3 is 0 Å². The van der Waals surface area contributed by atoms with Crippen molar-refractivity contribution >= 4 is 57.4 Å². The lowest BCUT2D eigenvalue weighted by Gasteiger charge is -2.10. The van der Waals surface area contributed by atoms with Gasteiger partial charge in [-0.25, -0.2) is 0 Å². The molecule has 3 aromatic rings. The predicted molar refractivity (Wildman–Crippen MR) is 118 cm³/mol. The van der Waals surface area contributed by atoms with Crippen LogP contribution >= 0.6 is 23.8 Å². The highest BCUT2D eigenvalue weighted by molar-refractivity contribution is 7.80. The van der Waals surface area contributed by atoms with Crippen LogP contribution in [0.15, 0.2) is 66.7 Å². The van der Waals surface area contributed by atoms with E-state index in [1.165, 1.54) is 6.08 Å². The molecule has 7 heteroatoms. The summed E-state index contributed by atoms with van der Waals surface area (Å²) in [4.78, 5) is 12.0. The third-order valence-electron chi connectivity index (χ3n) is 3.90. The molecule has 0 aromatic heterocycles. The molecule has 28 heavy (non-hydrogen) atoms. The number of rotatable bonds is 4. The van der Waals surface area contributed by atoms with Gasteiger partial charge in [-0.05, 0) is 77.1 Å². The maximum Gasteiger partial charge on any atom is 0.262 e. The Morgan fingerprint density at radius 1 is 1.00 bits per heavy atom. The van der Waals surface area contributed by atoms with Crippen molar-refractivity contribution in [1.82, 2.24) is 10.9 Å². The second-order valence-electron chi connectivity index (χ2n) is 5.88. The van der Waals surface area contributed by atoms with E-state index < -0.39 is 0 Å². The first kappa shape index (κ1) is 19.7. The highest BCUT2D eigenvalue weighted by Gasteiger charge is 2.01. The molecule has 1 amide bonds. The van der Waals surface area contributed by atoms with Gasteiger partial charge < -0.3 is 10.1 Å². The first-order valence-corrected chi connectivity index (χ1v) is 9.20. The predicted octanol–water partition coefficient (Wildman–Crippen LogP) is 4.53. The molecular weight excluding hydrogens is 394 g/mol. The Labute approximate surface area is 173 Å². The number of carbonyl (C=O) groups is 1. The van der Waals surface area contributed by atoms with Gasteiger partial charge in [-0.2, -0.15) is 0 Å². The molecule has 0 aliphatic carbocycles. The number of hydrogen-bond donors (Lipinski definition) is 3. The summed E-state index contributed by atoms with van der Waals surface area (Å²) in [6.07, 6.45) is 3.17. The second-order valence-corrected chi connectivity index (χ2v) is 6.73. The van der Waals surface area contributed by atoms with Gasteiger partial charge in [0, 0.05) is 16.8 Å². The van der Waals surface area contributed by atoms with E-state index in [0.29, 0.717) is 5.02 Å². The van der Waals surface area contributed by atoms with Crippen molar-refractivity contribution in [2.24, 2.45) is 0 Å².